The van der Waals surface area contributed by atoms with Gasteiger partial charge in [-0.05, 0) is 48.5 Å². The van der Waals surface area contributed by atoms with Crippen molar-refractivity contribution in [3.05, 3.63) is 121 Å². The molecule has 0 bridgehead atoms. The highest BCUT2D eigenvalue weighted by Crippen LogP contribution is 2.48. The van der Waals surface area contributed by atoms with Gasteiger partial charge in [0.1, 0.15) is 4.83 Å². The average molecular weight is 521 g/mol. The number of aromatic nitrogens is 2. The molecule has 0 fully saturated rings. The van der Waals surface area contributed by atoms with Crippen LogP contribution in [0.2, 0.25) is 0 Å². The molecule has 0 atom stereocenters. The summed E-state index contributed by atoms with van der Waals surface area (Å²) in [6.07, 6.45) is 0. The molecule has 0 unspecified atom stereocenters. The molecular formula is C34H20N2S2. The topological polar surface area (TPSA) is 9.86 Å². The van der Waals surface area contributed by atoms with Gasteiger partial charge < -0.3 is 9.13 Å². The first-order valence-electron chi connectivity index (χ1n) is 12.8. The molecule has 0 N–H and O–H groups in total. The summed E-state index contributed by atoms with van der Waals surface area (Å²) >= 11 is 3.84. The molecule has 0 aliphatic heterocycles. The third kappa shape index (κ3) is 2.66. The van der Waals surface area contributed by atoms with Gasteiger partial charge in [0.25, 0.3) is 0 Å². The molecule has 0 radical (unpaired) electrons. The van der Waals surface area contributed by atoms with Gasteiger partial charge >= 0.3 is 0 Å². The minimum Gasteiger partial charge on any atom is -0.309 e. The minimum absolute atomic E-state index is 1.19. The number of benzene rings is 5. The number of hydrogen-bond donors (Lipinski definition) is 0. The van der Waals surface area contributed by atoms with E-state index < -0.39 is 0 Å². The van der Waals surface area contributed by atoms with E-state index in [9.17, 15) is 0 Å². The van der Waals surface area contributed by atoms with Gasteiger partial charge in [-0.2, -0.15) is 0 Å². The first kappa shape index (κ1) is 20.7. The first-order valence-corrected chi connectivity index (χ1v) is 14.4. The Kier molecular flexibility index (Phi) is 4.12. The van der Waals surface area contributed by atoms with Crippen LogP contribution >= 0.6 is 22.7 Å². The zero-order valence-corrected chi connectivity index (χ0v) is 21.9. The number of fused-ring (bicyclic) bond motifs is 10. The molecule has 0 aliphatic rings. The van der Waals surface area contributed by atoms with Crippen molar-refractivity contribution in [3.63, 3.8) is 0 Å². The maximum absolute atomic E-state index is 2.48. The first-order chi connectivity index (χ1) is 18.9. The molecule has 4 heteroatoms. The largest absolute Gasteiger partial charge is 0.309 e. The van der Waals surface area contributed by atoms with Crippen molar-refractivity contribution in [2.75, 3.05) is 0 Å². The number of rotatable bonds is 2. The third-order valence-electron chi connectivity index (χ3n) is 7.74. The van der Waals surface area contributed by atoms with E-state index in [1.54, 1.807) is 0 Å². The molecule has 5 aromatic carbocycles. The lowest BCUT2D eigenvalue weighted by Crippen LogP contribution is -1.95. The monoisotopic (exact) mass is 520 g/mol. The summed E-state index contributed by atoms with van der Waals surface area (Å²) < 4.78 is 9.03. The summed E-state index contributed by atoms with van der Waals surface area (Å²) in [4.78, 5) is 1.32. The smallest absolute Gasteiger partial charge is 0.110 e. The van der Waals surface area contributed by atoms with Crippen LogP contribution in [0, 0.1) is 0 Å². The van der Waals surface area contributed by atoms with Crippen molar-refractivity contribution in [3.8, 4) is 11.4 Å². The Balaban J connectivity index is 1.39. The quantitative estimate of drug-likeness (QED) is 0.215. The van der Waals surface area contributed by atoms with E-state index in [0.717, 1.165) is 0 Å². The molecule has 0 amide bonds. The lowest BCUT2D eigenvalue weighted by atomic mass is 10.1. The summed E-state index contributed by atoms with van der Waals surface area (Å²) in [5.41, 5.74) is 6.12. The zero-order chi connectivity index (χ0) is 24.8. The Hall–Kier alpha value is -4.38. The summed E-state index contributed by atoms with van der Waals surface area (Å²) in [6.45, 7) is 0. The molecule has 2 nitrogen and oxygen atoms in total. The average Bonchev–Trinajstić information content (AvgIpc) is 3.69. The Labute approximate surface area is 226 Å². The molecule has 4 aromatic heterocycles. The maximum atomic E-state index is 2.48. The van der Waals surface area contributed by atoms with Gasteiger partial charge in [0, 0.05) is 43.0 Å². The van der Waals surface area contributed by atoms with Crippen LogP contribution < -0.4 is 0 Å². The normalized spacial score (nSPS) is 12.2. The summed E-state index contributed by atoms with van der Waals surface area (Å²) in [6, 6.07) is 44.1. The second-order valence-corrected chi connectivity index (χ2v) is 11.8. The predicted octanol–water partition coefficient (Wildman–Crippen LogP) is 10.3. The van der Waals surface area contributed by atoms with Crippen LogP contribution in [0.5, 0.6) is 0 Å². The Morgan fingerprint density at radius 3 is 1.92 bits per heavy atom. The van der Waals surface area contributed by atoms with Gasteiger partial charge in [0.05, 0.1) is 25.9 Å². The van der Waals surface area contributed by atoms with E-state index >= 15 is 0 Å². The molecular weight excluding hydrogens is 501 g/mol. The standard InChI is InChI=1S/C34H20N2S2/c1-2-10-21(11-3-1)35-27-15-7-4-12-23(27)26-20-22(18-19-29(26)35)36-28-16-8-5-13-24(28)31-33-32(38-34(31)36)25-14-6-9-17-30(25)37-33/h1-20H. The second kappa shape index (κ2) is 7.57. The van der Waals surface area contributed by atoms with E-state index in [1.807, 2.05) is 22.7 Å². The Morgan fingerprint density at radius 2 is 1.08 bits per heavy atom. The maximum Gasteiger partial charge on any atom is 0.110 e. The lowest BCUT2D eigenvalue weighted by molar-refractivity contribution is 1.17. The van der Waals surface area contributed by atoms with Crippen LogP contribution in [0.1, 0.15) is 0 Å². The van der Waals surface area contributed by atoms with Gasteiger partial charge in [-0.15, -0.1) is 22.7 Å². The van der Waals surface area contributed by atoms with Crippen LogP contribution in [0.25, 0.3) is 73.8 Å². The van der Waals surface area contributed by atoms with Crippen LogP contribution in [-0.2, 0) is 0 Å². The van der Waals surface area contributed by atoms with Crippen molar-refractivity contribution in [1.29, 1.82) is 0 Å². The fourth-order valence-corrected chi connectivity index (χ4v) is 8.95. The van der Waals surface area contributed by atoms with Crippen molar-refractivity contribution in [1.82, 2.24) is 9.13 Å². The number of thiophene rings is 2. The van der Waals surface area contributed by atoms with Crippen LogP contribution in [-0.4, -0.2) is 9.13 Å². The minimum atomic E-state index is 1.19. The molecule has 178 valence electrons. The zero-order valence-electron chi connectivity index (χ0n) is 20.3. The van der Waals surface area contributed by atoms with E-state index in [2.05, 4.69) is 130 Å². The van der Waals surface area contributed by atoms with Crippen molar-refractivity contribution >= 4 is 85.1 Å². The lowest BCUT2D eigenvalue weighted by Gasteiger charge is -2.09. The van der Waals surface area contributed by atoms with Crippen LogP contribution in [0.4, 0.5) is 0 Å². The Bertz CT molecular complexity index is 2350. The Morgan fingerprint density at radius 1 is 0.421 bits per heavy atom. The molecule has 9 aromatic rings. The van der Waals surface area contributed by atoms with E-state index in [4.69, 9.17) is 0 Å². The fourth-order valence-electron chi connectivity index (χ4n) is 6.13. The van der Waals surface area contributed by atoms with Gasteiger partial charge in [0.2, 0.25) is 0 Å². The highest BCUT2D eigenvalue weighted by molar-refractivity contribution is 7.36. The number of hydrogen-bond acceptors (Lipinski definition) is 2. The number of para-hydroxylation sites is 3. The third-order valence-corrected chi connectivity index (χ3v) is 10.3. The molecule has 0 saturated carbocycles. The van der Waals surface area contributed by atoms with Crippen LogP contribution in [0.3, 0.4) is 0 Å². The summed E-state index contributed by atoms with van der Waals surface area (Å²) in [5, 5.41) is 6.63. The molecule has 4 heterocycles. The second-order valence-electron chi connectivity index (χ2n) is 9.78. The molecule has 0 spiro atoms. The molecule has 0 saturated heterocycles. The molecule has 0 aliphatic carbocycles. The predicted molar refractivity (Wildman–Crippen MR) is 166 cm³/mol. The summed E-state index contributed by atoms with van der Waals surface area (Å²) in [5.74, 6) is 0. The summed E-state index contributed by atoms with van der Waals surface area (Å²) in [7, 11) is 0. The van der Waals surface area contributed by atoms with Crippen molar-refractivity contribution < 1.29 is 0 Å². The highest BCUT2D eigenvalue weighted by atomic mass is 32.1. The molecule has 9 rings (SSSR count). The van der Waals surface area contributed by atoms with E-state index in [0.29, 0.717) is 0 Å². The highest BCUT2D eigenvalue weighted by Gasteiger charge is 2.21. The van der Waals surface area contributed by atoms with Crippen LogP contribution in [0.15, 0.2) is 121 Å². The van der Waals surface area contributed by atoms with Gasteiger partial charge in [0.15, 0.2) is 0 Å². The number of nitrogens with zero attached hydrogens (tertiary/aromatic N) is 2. The SMILES string of the molecule is c1ccc(-n2c3ccccc3c3cc(-n4c5ccccc5c5c6sc7ccccc7c6sc54)ccc32)cc1. The molecule has 38 heavy (non-hydrogen) atoms. The van der Waals surface area contributed by atoms with Gasteiger partial charge in [-0.25, -0.2) is 0 Å². The van der Waals surface area contributed by atoms with Gasteiger partial charge in [-0.1, -0.05) is 72.8 Å². The van der Waals surface area contributed by atoms with Crippen molar-refractivity contribution in [2.45, 2.75) is 0 Å². The van der Waals surface area contributed by atoms with E-state index in [1.165, 1.54) is 73.8 Å². The fraction of sp³-hybridized carbons (Fsp3) is 0. The van der Waals surface area contributed by atoms with Gasteiger partial charge in [-0.3, -0.25) is 0 Å². The van der Waals surface area contributed by atoms with E-state index in [-0.39, 0.29) is 0 Å². The van der Waals surface area contributed by atoms with Crippen molar-refractivity contribution in [2.24, 2.45) is 0 Å².